The maximum Gasteiger partial charge on any atom is 0.415 e. The molecule has 180 valence electrons. The Labute approximate surface area is 206 Å². The molecule has 1 amide bonds. The summed E-state index contributed by atoms with van der Waals surface area (Å²) in [6.07, 6.45) is 7.56. The van der Waals surface area contributed by atoms with Crippen molar-refractivity contribution in [1.82, 2.24) is 19.8 Å². The van der Waals surface area contributed by atoms with Crippen LogP contribution in [-0.4, -0.2) is 58.3 Å². The van der Waals surface area contributed by atoms with Gasteiger partial charge in [0.25, 0.3) is 0 Å². The van der Waals surface area contributed by atoms with Crippen molar-refractivity contribution in [3.8, 4) is 5.75 Å². The third-order valence-electron chi connectivity index (χ3n) is 6.32. The number of H-pyrrole nitrogens is 1. The van der Waals surface area contributed by atoms with Crippen molar-refractivity contribution in [2.24, 2.45) is 5.92 Å². The molecule has 1 aromatic heterocycles. The van der Waals surface area contributed by atoms with E-state index in [-0.39, 0.29) is 6.09 Å². The number of hydrogen-bond donors (Lipinski definition) is 1. The van der Waals surface area contributed by atoms with Gasteiger partial charge in [0.1, 0.15) is 5.75 Å². The number of ether oxygens (including phenoxy) is 1. The van der Waals surface area contributed by atoms with Gasteiger partial charge in [-0.2, -0.15) is 0 Å². The Hall–Kier alpha value is -2.77. The average molecular weight is 479 g/mol. The Bertz CT molecular complexity index is 987. The molecule has 1 aliphatic heterocycles. The van der Waals surface area contributed by atoms with Crippen molar-refractivity contribution in [3.63, 3.8) is 0 Å². The summed E-state index contributed by atoms with van der Waals surface area (Å²) in [7, 11) is 2.18. The lowest BCUT2D eigenvalue weighted by Crippen LogP contribution is -2.40. The number of likely N-dealkylation sites (tertiary alicyclic amines) is 1. The van der Waals surface area contributed by atoms with E-state index in [1.165, 1.54) is 17.5 Å². The summed E-state index contributed by atoms with van der Waals surface area (Å²) in [4.78, 5) is 24.2. The van der Waals surface area contributed by atoms with Crippen LogP contribution in [0.4, 0.5) is 4.79 Å². The van der Waals surface area contributed by atoms with Gasteiger partial charge in [0.2, 0.25) is 0 Å². The van der Waals surface area contributed by atoms with Gasteiger partial charge in [0.05, 0.1) is 0 Å². The smallest absolute Gasteiger partial charge is 0.410 e. The molecule has 0 radical (unpaired) electrons. The second kappa shape index (κ2) is 12.6. The summed E-state index contributed by atoms with van der Waals surface area (Å²) >= 11 is 1.70. The molecule has 0 atom stereocenters. The highest BCUT2D eigenvalue weighted by Crippen LogP contribution is 2.23. The molecular formula is C27H34N4O2S. The van der Waals surface area contributed by atoms with Crippen LogP contribution in [0.25, 0.3) is 0 Å². The minimum Gasteiger partial charge on any atom is -0.410 e. The van der Waals surface area contributed by atoms with Gasteiger partial charge in [-0.1, -0.05) is 54.2 Å². The van der Waals surface area contributed by atoms with Crippen molar-refractivity contribution in [1.29, 1.82) is 0 Å². The number of benzene rings is 2. The number of piperidine rings is 1. The van der Waals surface area contributed by atoms with Crippen molar-refractivity contribution in [2.75, 3.05) is 32.4 Å². The van der Waals surface area contributed by atoms with Gasteiger partial charge in [-0.25, -0.2) is 9.78 Å². The first-order valence-corrected chi connectivity index (χ1v) is 13.0. The van der Waals surface area contributed by atoms with Gasteiger partial charge in [-0.3, -0.25) is 0 Å². The second-order valence-electron chi connectivity index (χ2n) is 8.95. The van der Waals surface area contributed by atoms with Crippen molar-refractivity contribution in [2.45, 2.75) is 37.4 Å². The predicted molar refractivity (Wildman–Crippen MR) is 137 cm³/mol. The summed E-state index contributed by atoms with van der Waals surface area (Å²) in [5, 5.41) is 0.938. The highest BCUT2D eigenvalue weighted by atomic mass is 32.2. The number of aromatic nitrogens is 2. The molecular weight excluding hydrogens is 444 g/mol. The number of aryl methyl sites for hydroxylation is 1. The fourth-order valence-electron chi connectivity index (χ4n) is 4.27. The molecule has 0 bridgehead atoms. The number of hydrogen-bond acceptors (Lipinski definition) is 5. The summed E-state index contributed by atoms with van der Waals surface area (Å²) < 4.78 is 5.63. The molecule has 4 rings (SSSR count). The first-order valence-electron chi connectivity index (χ1n) is 12.1. The number of rotatable bonds is 10. The molecule has 1 fully saturated rings. The van der Waals surface area contributed by atoms with E-state index in [1.807, 2.05) is 35.4 Å². The third-order valence-corrected chi connectivity index (χ3v) is 7.22. The van der Waals surface area contributed by atoms with Crippen LogP contribution in [0.5, 0.6) is 5.75 Å². The largest absolute Gasteiger partial charge is 0.415 e. The highest BCUT2D eigenvalue weighted by molar-refractivity contribution is 7.99. The zero-order valence-electron chi connectivity index (χ0n) is 19.9. The number of aromatic amines is 1. The number of nitrogens with zero attached hydrogens (tertiary/aromatic N) is 3. The number of amides is 1. The van der Waals surface area contributed by atoms with E-state index in [9.17, 15) is 4.79 Å². The van der Waals surface area contributed by atoms with Gasteiger partial charge < -0.3 is 19.5 Å². The van der Waals surface area contributed by atoms with E-state index in [0.717, 1.165) is 56.4 Å². The molecule has 1 saturated heterocycles. The topological polar surface area (TPSA) is 61.5 Å². The molecule has 0 unspecified atom stereocenters. The summed E-state index contributed by atoms with van der Waals surface area (Å²) in [5.74, 6) is 2.22. The standard InChI is InChI=1S/C27H34N4O2S/c1-30(21-24-5-3-2-4-6-24)17-11-23-12-18-31(19-13-23)27(32)33-25-9-7-22(8-10-25)14-20-34-26-28-15-16-29-26/h2-10,15-16,23H,11-14,17-21H2,1H3,(H,28,29). The molecule has 2 heterocycles. The predicted octanol–water partition coefficient (Wildman–Crippen LogP) is 5.48. The fourth-order valence-corrected chi connectivity index (χ4v) is 5.08. The maximum atomic E-state index is 12.6. The Morgan fingerprint density at radius 1 is 1.12 bits per heavy atom. The number of carbonyl (C=O) groups is 1. The van der Waals surface area contributed by atoms with Crippen LogP contribution in [0.1, 0.15) is 30.4 Å². The first kappa shape index (κ1) is 24.4. The molecule has 7 heteroatoms. The zero-order chi connectivity index (χ0) is 23.6. The number of imidazole rings is 1. The molecule has 34 heavy (non-hydrogen) atoms. The van der Waals surface area contributed by atoms with Crippen LogP contribution in [0.15, 0.2) is 72.1 Å². The number of carbonyl (C=O) groups excluding carboxylic acids is 1. The van der Waals surface area contributed by atoms with Crippen LogP contribution in [0.2, 0.25) is 0 Å². The summed E-state index contributed by atoms with van der Waals surface area (Å²) in [5.41, 5.74) is 2.57. The molecule has 1 aliphatic rings. The quantitative estimate of drug-likeness (QED) is 0.391. The fraction of sp³-hybridized carbons (Fsp3) is 0.407. The molecule has 2 aromatic carbocycles. The Morgan fingerprint density at radius 3 is 2.59 bits per heavy atom. The lowest BCUT2D eigenvalue weighted by Gasteiger charge is -2.32. The Morgan fingerprint density at radius 2 is 1.88 bits per heavy atom. The molecule has 6 nitrogen and oxygen atoms in total. The normalized spacial score (nSPS) is 14.5. The minimum absolute atomic E-state index is 0.235. The van der Waals surface area contributed by atoms with Gasteiger partial charge >= 0.3 is 6.09 Å². The third kappa shape index (κ3) is 7.64. The average Bonchev–Trinajstić information content (AvgIpc) is 3.38. The minimum atomic E-state index is -0.235. The molecule has 3 aromatic rings. The van der Waals surface area contributed by atoms with Crippen LogP contribution in [0, 0.1) is 5.92 Å². The van der Waals surface area contributed by atoms with Crippen LogP contribution in [-0.2, 0) is 13.0 Å². The van der Waals surface area contributed by atoms with E-state index >= 15 is 0 Å². The monoisotopic (exact) mass is 478 g/mol. The summed E-state index contributed by atoms with van der Waals surface area (Å²) in [6, 6.07) is 18.4. The van der Waals surface area contributed by atoms with E-state index in [1.54, 1.807) is 18.0 Å². The van der Waals surface area contributed by atoms with E-state index in [4.69, 9.17) is 4.74 Å². The highest BCUT2D eigenvalue weighted by Gasteiger charge is 2.24. The zero-order valence-corrected chi connectivity index (χ0v) is 20.7. The van der Waals surface area contributed by atoms with Gasteiger partial charge in [-0.15, -0.1) is 0 Å². The number of nitrogens with one attached hydrogen (secondary N) is 1. The van der Waals surface area contributed by atoms with E-state index in [2.05, 4.69) is 52.2 Å². The molecule has 0 spiro atoms. The maximum absolute atomic E-state index is 12.6. The Balaban J connectivity index is 1.13. The molecule has 0 saturated carbocycles. The van der Waals surface area contributed by atoms with Crippen molar-refractivity contribution >= 4 is 17.9 Å². The molecule has 1 N–H and O–H groups in total. The Kier molecular flexibility index (Phi) is 9.04. The van der Waals surface area contributed by atoms with Crippen molar-refractivity contribution < 1.29 is 9.53 Å². The van der Waals surface area contributed by atoms with E-state index in [0.29, 0.717) is 11.7 Å². The number of thioether (sulfide) groups is 1. The van der Waals surface area contributed by atoms with Crippen molar-refractivity contribution in [3.05, 3.63) is 78.1 Å². The first-order chi connectivity index (χ1) is 16.7. The lowest BCUT2D eigenvalue weighted by atomic mass is 9.93. The van der Waals surface area contributed by atoms with Gasteiger partial charge in [0, 0.05) is 37.8 Å². The van der Waals surface area contributed by atoms with E-state index < -0.39 is 0 Å². The molecule has 0 aliphatic carbocycles. The second-order valence-corrected chi connectivity index (χ2v) is 10.0. The van der Waals surface area contributed by atoms with Crippen LogP contribution in [0.3, 0.4) is 0 Å². The van der Waals surface area contributed by atoms with Crippen LogP contribution >= 0.6 is 11.8 Å². The SMILES string of the molecule is CN(CCC1CCN(C(=O)Oc2ccc(CCSc3ncc[nH]3)cc2)CC1)Cc1ccccc1. The summed E-state index contributed by atoms with van der Waals surface area (Å²) in [6.45, 7) is 3.60. The van der Waals surface area contributed by atoms with Crippen LogP contribution < -0.4 is 4.74 Å². The van der Waals surface area contributed by atoms with Gasteiger partial charge in [0.15, 0.2) is 5.16 Å². The van der Waals surface area contributed by atoms with Gasteiger partial charge in [-0.05, 0) is 68.5 Å². The lowest BCUT2D eigenvalue weighted by molar-refractivity contribution is 0.126.